The minimum Gasteiger partial charge on any atom is -0.462 e. The van der Waals surface area contributed by atoms with Crippen molar-refractivity contribution in [3.05, 3.63) is 15.6 Å². The molecule has 0 saturated heterocycles. The number of aromatic nitrogens is 1. The predicted octanol–water partition coefficient (Wildman–Crippen LogP) is 3.68. The molecular formula is C18H33IN4O3S. The van der Waals surface area contributed by atoms with E-state index in [0.29, 0.717) is 17.2 Å². The highest BCUT2D eigenvalue weighted by molar-refractivity contribution is 14.0. The molecule has 0 fully saturated rings. The van der Waals surface area contributed by atoms with Crippen molar-refractivity contribution in [1.82, 2.24) is 15.6 Å². The molecule has 0 aliphatic rings. The number of aliphatic imine (C=N–C) groups is 1. The van der Waals surface area contributed by atoms with E-state index in [0.717, 1.165) is 50.1 Å². The van der Waals surface area contributed by atoms with Gasteiger partial charge in [0, 0.05) is 26.3 Å². The van der Waals surface area contributed by atoms with Crippen LogP contribution in [0.3, 0.4) is 0 Å². The molecule has 0 bridgehead atoms. The number of halogens is 1. The maximum Gasteiger partial charge on any atom is 0.350 e. The molecule has 0 aliphatic heterocycles. The highest BCUT2D eigenvalue weighted by atomic mass is 127. The molecule has 1 unspecified atom stereocenters. The van der Waals surface area contributed by atoms with Gasteiger partial charge in [-0.25, -0.2) is 9.78 Å². The Morgan fingerprint density at radius 1 is 1.26 bits per heavy atom. The SMILES string of the molecule is CCNC(=NCCCCOCC)NC(C)c1nc(C)c(C(=O)OCC)s1.I. The summed E-state index contributed by atoms with van der Waals surface area (Å²) in [5.74, 6) is 0.442. The lowest BCUT2D eigenvalue weighted by molar-refractivity contribution is 0.0531. The molecule has 156 valence electrons. The van der Waals surface area contributed by atoms with Gasteiger partial charge >= 0.3 is 5.97 Å². The standard InChI is InChI=1S/C18H32N4O3S.HI/c1-6-19-18(20-11-9-10-12-24-7-2)22-14(5)16-21-13(4)15(26-16)17(23)25-8-3;/h14H,6-12H2,1-5H3,(H2,19,20,22);1H. The Balaban J connectivity index is 0.00000676. The summed E-state index contributed by atoms with van der Waals surface area (Å²) < 4.78 is 10.4. The van der Waals surface area contributed by atoms with Gasteiger partial charge in [-0.2, -0.15) is 0 Å². The van der Waals surface area contributed by atoms with Crippen molar-refractivity contribution in [2.45, 2.75) is 53.5 Å². The number of rotatable bonds is 11. The minimum absolute atomic E-state index is 0. The molecule has 9 heteroatoms. The van der Waals surface area contributed by atoms with Gasteiger partial charge in [0.1, 0.15) is 9.88 Å². The Labute approximate surface area is 183 Å². The van der Waals surface area contributed by atoms with E-state index in [1.165, 1.54) is 11.3 Å². The van der Waals surface area contributed by atoms with Crippen molar-refractivity contribution < 1.29 is 14.3 Å². The number of esters is 1. The monoisotopic (exact) mass is 512 g/mol. The van der Waals surface area contributed by atoms with Crippen LogP contribution in [0.4, 0.5) is 0 Å². The van der Waals surface area contributed by atoms with Crippen molar-refractivity contribution in [1.29, 1.82) is 0 Å². The van der Waals surface area contributed by atoms with Crippen LogP contribution in [0, 0.1) is 6.92 Å². The van der Waals surface area contributed by atoms with E-state index in [2.05, 4.69) is 20.6 Å². The van der Waals surface area contributed by atoms with E-state index in [1.807, 2.05) is 27.7 Å². The van der Waals surface area contributed by atoms with Crippen molar-refractivity contribution in [2.24, 2.45) is 4.99 Å². The van der Waals surface area contributed by atoms with Gasteiger partial charge in [-0.05, 0) is 47.5 Å². The smallest absolute Gasteiger partial charge is 0.350 e. The van der Waals surface area contributed by atoms with Crippen LogP contribution in [0.15, 0.2) is 4.99 Å². The fourth-order valence-corrected chi connectivity index (χ4v) is 3.19. The number of ether oxygens (including phenoxy) is 2. The van der Waals surface area contributed by atoms with Gasteiger partial charge in [0.2, 0.25) is 0 Å². The molecule has 0 aromatic carbocycles. The number of nitrogens with zero attached hydrogens (tertiary/aromatic N) is 2. The van der Waals surface area contributed by atoms with E-state index >= 15 is 0 Å². The van der Waals surface area contributed by atoms with Crippen molar-refractivity contribution >= 4 is 47.2 Å². The summed E-state index contributed by atoms with van der Waals surface area (Å²) in [6.45, 7) is 13.1. The van der Waals surface area contributed by atoms with E-state index in [1.54, 1.807) is 6.92 Å². The number of guanidine groups is 1. The van der Waals surface area contributed by atoms with E-state index in [4.69, 9.17) is 9.47 Å². The Hall–Kier alpha value is -0.940. The van der Waals surface area contributed by atoms with Crippen LogP contribution in [0.1, 0.15) is 67.0 Å². The molecule has 1 atom stereocenters. The van der Waals surface area contributed by atoms with Crippen LogP contribution in [0.25, 0.3) is 0 Å². The predicted molar refractivity (Wildman–Crippen MR) is 121 cm³/mol. The number of thiazole rings is 1. The third-order valence-corrected chi connectivity index (χ3v) is 4.83. The quantitative estimate of drug-likeness (QED) is 0.155. The number of carbonyl (C=O) groups is 1. The van der Waals surface area contributed by atoms with Crippen molar-refractivity contribution in [3.63, 3.8) is 0 Å². The normalized spacial score (nSPS) is 12.3. The maximum atomic E-state index is 12.0. The average Bonchev–Trinajstić information content (AvgIpc) is 3.00. The summed E-state index contributed by atoms with van der Waals surface area (Å²) in [4.78, 5) is 21.6. The maximum absolute atomic E-state index is 12.0. The molecule has 0 spiro atoms. The number of nitrogens with one attached hydrogen (secondary N) is 2. The fraction of sp³-hybridized carbons (Fsp3) is 0.722. The molecule has 2 N–H and O–H groups in total. The molecule has 7 nitrogen and oxygen atoms in total. The second kappa shape index (κ2) is 15.0. The number of carbonyl (C=O) groups excluding carboxylic acids is 1. The van der Waals surface area contributed by atoms with Gasteiger partial charge in [0.15, 0.2) is 5.96 Å². The van der Waals surface area contributed by atoms with Gasteiger partial charge < -0.3 is 20.1 Å². The summed E-state index contributed by atoms with van der Waals surface area (Å²) in [5, 5.41) is 7.43. The zero-order valence-electron chi connectivity index (χ0n) is 17.0. The number of aryl methyl sites for hydroxylation is 1. The molecular weight excluding hydrogens is 479 g/mol. The summed E-state index contributed by atoms with van der Waals surface area (Å²) in [5.41, 5.74) is 0.704. The van der Waals surface area contributed by atoms with Crippen LogP contribution in [0.2, 0.25) is 0 Å². The average molecular weight is 512 g/mol. The Bertz CT molecular complexity index is 581. The third-order valence-electron chi connectivity index (χ3n) is 3.51. The molecule has 0 saturated carbocycles. The van der Waals surface area contributed by atoms with Crippen LogP contribution < -0.4 is 10.6 Å². The molecule has 0 amide bonds. The second-order valence-electron chi connectivity index (χ2n) is 5.72. The third kappa shape index (κ3) is 9.70. The summed E-state index contributed by atoms with van der Waals surface area (Å²) in [7, 11) is 0. The molecule has 1 rings (SSSR count). The number of hydrogen-bond donors (Lipinski definition) is 2. The highest BCUT2D eigenvalue weighted by Gasteiger charge is 2.20. The lowest BCUT2D eigenvalue weighted by atomic mass is 10.3. The lowest BCUT2D eigenvalue weighted by Gasteiger charge is -2.16. The van der Waals surface area contributed by atoms with Crippen LogP contribution >= 0.6 is 35.3 Å². The van der Waals surface area contributed by atoms with E-state index in [-0.39, 0.29) is 36.0 Å². The first kappa shape index (κ1) is 26.1. The highest BCUT2D eigenvalue weighted by Crippen LogP contribution is 2.24. The Morgan fingerprint density at radius 3 is 2.63 bits per heavy atom. The first-order valence-corrected chi connectivity index (χ1v) is 10.1. The first-order chi connectivity index (χ1) is 12.5. The topological polar surface area (TPSA) is 84.8 Å². The van der Waals surface area contributed by atoms with Crippen molar-refractivity contribution in [3.8, 4) is 0 Å². The lowest BCUT2D eigenvalue weighted by Crippen LogP contribution is -2.38. The van der Waals surface area contributed by atoms with Gasteiger partial charge in [0.25, 0.3) is 0 Å². The van der Waals surface area contributed by atoms with Gasteiger partial charge in [-0.1, -0.05) is 0 Å². The van der Waals surface area contributed by atoms with Crippen LogP contribution in [0.5, 0.6) is 0 Å². The Morgan fingerprint density at radius 2 is 2.00 bits per heavy atom. The largest absolute Gasteiger partial charge is 0.462 e. The fourth-order valence-electron chi connectivity index (χ4n) is 2.23. The van der Waals surface area contributed by atoms with Crippen molar-refractivity contribution in [2.75, 3.05) is 32.9 Å². The summed E-state index contributed by atoms with van der Waals surface area (Å²) >= 11 is 1.37. The van der Waals surface area contributed by atoms with Gasteiger partial charge in [-0.3, -0.25) is 4.99 Å². The minimum atomic E-state index is -0.309. The molecule has 27 heavy (non-hydrogen) atoms. The van der Waals surface area contributed by atoms with Crippen LogP contribution in [-0.2, 0) is 9.47 Å². The molecule has 1 aromatic rings. The number of unbranched alkanes of at least 4 members (excludes halogenated alkanes) is 1. The van der Waals surface area contributed by atoms with Gasteiger partial charge in [0.05, 0.1) is 18.3 Å². The zero-order chi connectivity index (χ0) is 19.4. The summed E-state index contributed by atoms with van der Waals surface area (Å²) in [6, 6.07) is -0.0527. The molecule has 0 radical (unpaired) electrons. The van der Waals surface area contributed by atoms with E-state index in [9.17, 15) is 4.79 Å². The van der Waals surface area contributed by atoms with Crippen LogP contribution in [-0.4, -0.2) is 49.8 Å². The number of hydrogen-bond acceptors (Lipinski definition) is 6. The first-order valence-electron chi connectivity index (χ1n) is 9.30. The molecule has 0 aliphatic carbocycles. The second-order valence-corrected chi connectivity index (χ2v) is 6.75. The molecule has 1 heterocycles. The van der Waals surface area contributed by atoms with E-state index < -0.39 is 0 Å². The van der Waals surface area contributed by atoms with Gasteiger partial charge in [-0.15, -0.1) is 35.3 Å². The molecule has 1 aromatic heterocycles. The zero-order valence-corrected chi connectivity index (χ0v) is 20.1. The Kier molecular flexibility index (Phi) is 14.5. The summed E-state index contributed by atoms with van der Waals surface area (Å²) in [6.07, 6.45) is 1.98.